The molecule has 1 fully saturated rings. The van der Waals surface area contributed by atoms with Crippen LogP contribution in [0.25, 0.3) is 22.4 Å². The Morgan fingerprint density at radius 3 is 2.70 bits per heavy atom. The Bertz CT molecular complexity index is 1030. The van der Waals surface area contributed by atoms with Crippen molar-refractivity contribution in [3.8, 4) is 17.3 Å². The van der Waals surface area contributed by atoms with Crippen molar-refractivity contribution in [1.82, 2.24) is 19.5 Å². The van der Waals surface area contributed by atoms with Crippen LogP contribution in [0.15, 0.2) is 29.0 Å². The van der Waals surface area contributed by atoms with Gasteiger partial charge < -0.3 is 4.57 Å². The van der Waals surface area contributed by atoms with E-state index >= 15 is 0 Å². The number of nitrogens with zero attached hydrogens (tertiary/aromatic N) is 5. The number of aromatic nitrogens is 4. The molecule has 1 aliphatic rings. The third kappa shape index (κ3) is 3.71. The molecule has 1 saturated carbocycles. The maximum Gasteiger partial charge on any atom is 0.234 e. The highest BCUT2D eigenvalue weighted by Gasteiger charge is 2.23. The molecule has 27 heavy (non-hydrogen) atoms. The first kappa shape index (κ1) is 18.4. The summed E-state index contributed by atoms with van der Waals surface area (Å²) < 4.78 is 2.87. The minimum Gasteiger partial charge on any atom is -0.315 e. The van der Waals surface area contributed by atoms with Gasteiger partial charge in [0, 0.05) is 17.1 Å². The van der Waals surface area contributed by atoms with Crippen LogP contribution in [0.1, 0.15) is 38.4 Å². The molecule has 0 saturated heterocycles. The topological polar surface area (TPSA) is 67.4 Å². The van der Waals surface area contributed by atoms with E-state index in [9.17, 15) is 5.26 Å². The second-order valence-corrected chi connectivity index (χ2v) is 8.45. The van der Waals surface area contributed by atoms with Gasteiger partial charge in [-0.25, -0.2) is 9.97 Å². The number of hydrogen-bond acceptors (Lipinski definition) is 4. The van der Waals surface area contributed by atoms with Crippen LogP contribution in [0.5, 0.6) is 0 Å². The second kappa shape index (κ2) is 7.57. The van der Waals surface area contributed by atoms with E-state index in [1.165, 1.54) is 25.7 Å². The Labute approximate surface area is 171 Å². The van der Waals surface area contributed by atoms with E-state index in [0.717, 1.165) is 28.3 Å². The molecule has 0 aliphatic heterocycles. The Kier molecular flexibility index (Phi) is 5.16. The van der Waals surface area contributed by atoms with Gasteiger partial charge in [-0.1, -0.05) is 43.5 Å². The summed E-state index contributed by atoms with van der Waals surface area (Å²) in [5.74, 6) is 1.53. The summed E-state index contributed by atoms with van der Waals surface area (Å²) in [6, 6.07) is 9.55. The van der Waals surface area contributed by atoms with E-state index in [-0.39, 0.29) is 5.82 Å². The van der Waals surface area contributed by atoms with Gasteiger partial charge in [0.05, 0.1) is 0 Å². The van der Waals surface area contributed by atoms with Crippen molar-refractivity contribution >= 4 is 38.7 Å². The summed E-state index contributed by atoms with van der Waals surface area (Å²) in [5.41, 5.74) is 2.94. The first-order valence-corrected chi connectivity index (χ1v) is 10.3. The zero-order chi connectivity index (χ0) is 19.0. The first-order valence-electron chi connectivity index (χ1n) is 9.15. The monoisotopic (exact) mass is 443 g/mol. The van der Waals surface area contributed by atoms with E-state index in [0.29, 0.717) is 22.3 Å². The summed E-state index contributed by atoms with van der Waals surface area (Å²) in [4.78, 5) is 13.4. The molecular formula is C20H19BrClN5. The second-order valence-electron chi connectivity index (χ2n) is 7.31. The van der Waals surface area contributed by atoms with Gasteiger partial charge in [-0.3, -0.25) is 0 Å². The van der Waals surface area contributed by atoms with E-state index in [1.54, 1.807) is 0 Å². The molecule has 7 heteroatoms. The Hall–Kier alpha value is -1.97. The van der Waals surface area contributed by atoms with E-state index in [1.807, 2.05) is 30.3 Å². The summed E-state index contributed by atoms with van der Waals surface area (Å²) in [5, 5.41) is 9.97. The van der Waals surface area contributed by atoms with Crippen molar-refractivity contribution in [2.75, 3.05) is 0 Å². The molecule has 138 valence electrons. The van der Waals surface area contributed by atoms with Crippen LogP contribution >= 0.6 is 27.5 Å². The molecular weight excluding hydrogens is 426 g/mol. The molecule has 1 aromatic carbocycles. The van der Waals surface area contributed by atoms with E-state index in [2.05, 4.69) is 42.4 Å². The van der Waals surface area contributed by atoms with Crippen LogP contribution in [0.2, 0.25) is 5.02 Å². The number of nitriles is 1. The van der Waals surface area contributed by atoms with Gasteiger partial charge in [-0.15, -0.1) is 0 Å². The first-order chi connectivity index (χ1) is 13.0. The fourth-order valence-electron chi connectivity index (χ4n) is 3.83. The quantitative estimate of drug-likeness (QED) is 0.493. The van der Waals surface area contributed by atoms with E-state index < -0.39 is 0 Å². The highest BCUT2D eigenvalue weighted by Crippen LogP contribution is 2.34. The molecule has 3 aromatic rings. The van der Waals surface area contributed by atoms with Crippen LogP contribution < -0.4 is 0 Å². The Morgan fingerprint density at radius 2 is 2.00 bits per heavy atom. The predicted molar refractivity (Wildman–Crippen MR) is 109 cm³/mol. The average Bonchev–Trinajstić information content (AvgIpc) is 2.98. The Morgan fingerprint density at radius 1 is 1.22 bits per heavy atom. The normalized spacial score (nSPS) is 19.9. The van der Waals surface area contributed by atoms with Crippen LogP contribution in [-0.4, -0.2) is 19.5 Å². The number of fused-ring (bicyclic) bond motifs is 1. The number of halogens is 2. The molecule has 5 nitrogen and oxygen atoms in total. The van der Waals surface area contributed by atoms with Gasteiger partial charge in [-0.2, -0.15) is 10.2 Å². The van der Waals surface area contributed by atoms with Crippen molar-refractivity contribution < 1.29 is 0 Å². The lowest BCUT2D eigenvalue weighted by atomic mass is 9.83. The molecule has 0 spiro atoms. The fraction of sp³-hybridized carbons (Fsp3) is 0.400. The van der Waals surface area contributed by atoms with Crippen molar-refractivity contribution in [3.05, 3.63) is 39.8 Å². The predicted octanol–water partition coefficient (Wildman–Crippen LogP) is 5.61. The lowest BCUT2D eigenvalue weighted by Crippen LogP contribution is -2.18. The highest BCUT2D eigenvalue weighted by atomic mass is 79.9. The van der Waals surface area contributed by atoms with Crippen molar-refractivity contribution in [3.63, 3.8) is 0 Å². The number of rotatable bonds is 3. The van der Waals surface area contributed by atoms with Crippen LogP contribution in [0.4, 0.5) is 0 Å². The van der Waals surface area contributed by atoms with Crippen molar-refractivity contribution in [2.24, 2.45) is 11.8 Å². The number of imidazole rings is 1. The highest BCUT2D eigenvalue weighted by molar-refractivity contribution is 9.10. The third-order valence-electron chi connectivity index (χ3n) is 5.33. The van der Waals surface area contributed by atoms with Crippen LogP contribution in [-0.2, 0) is 6.54 Å². The standard InChI is InChI=1S/C20H19BrClN5/c1-12-5-7-13(8-6-12)11-27-18-17(14-3-2-4-15(22)9-14)24-16(10-23)25-19(18)26-20(27)21/h2-4,9,12-13H,5-8,11H2,1H3. The van der Waals surface area contributed by atoms with Gasteiger partial charge in [0.15, 0.2) is 10.4 Å². The minimum absolute atomic E-state index is 0.112. The van der Waals surface area contributed by atoms with Crippen molar-refractivity contribution in [2.45, 2.75) is 39.2 Å². The SMILES string of the molecule is CC1CCC(Cn2c(Br)nc3nc(C#N)nc(-c4cccc(Cl)c4)c32)CC1. The van der Waals surface area contributed by atoms with Gasteiger partial charge in [0.2, 0.25) is 5.82 Å². The smallest absolute Gasteiger partial charge is 0.234 e. The molecule has 2 heterocycles. The molecule has 4 rings (SSSR count). The Balaban J connectivity index is 1.85. The number of hydrogen-bond donors (Lipinski definition) is 0. The number of benzene rings is 1. The van der Waals surface area contributed by atoms with Gasteiger partial charge in [-0.05, 0) is 52.7 Å². The fourth-order valence-corrected chi connectivity index (χ4v) is 4.51. The summed E-state index contributed by atoms with van der Waals surface area (Å²) in [6.45, 7) is 3.19. The van der Waals surface area contributed by atoms with Crippen LogP contribution in [0.3, 0.4) is 0 Å². The lowest BCUT2D eigenvalue weighted by molar-refractivity contribution is 0.265. The summed E-state index contributed by atoms with van der Waals surface area (Å²) >= 11 is 9.78. The van der Waals surface area contributed by atoms with Gasteiger partial charge >= 0.3 is 0 Å². The molecule has 2 aromatic heterocycles. The summed E-state index contributed by atoms with van der Waals surface area (Å²) in [6.07, 6.45) is 4.98. The third-order valence-corrected chi connectivity index (χ3v) is 6.17. The average molecular weight is 445 g/mol. The maximum absolute atomic E-state index is 9.34. The zero-order valence-corrected chi connectivity index (χ0v) is 17.3. The van der Waals surface area contributed by atoms with E-state index in [4.69, 9.17) is 11.6 Å². The van der Waals surface area contributed by atoms with Gasteiger partial charge in [0.1, 0.15) is 17.3 Å². The molecule has 0 atom stereocenters. The lowest BCUT2D eigenvalue weighted by Gasteiger charge is -2.26. The summed E-state index contributed by atoms with van der Waals surface area (Å²) in [7, 11) is 0. The van der Waals surface area contributed by atoms with Crippen LogP contribution in [0, 0.1) is 23.2 Å². The molecule has 0 N–H and O–H groups in total. The largest absolute Gasteiger partial charge is 0.315 e. The van der Waals surface area contributed by atoms with Crippen molar-refractivity contribution in [1.29, 1.82) is 5.26 Å². The molecule has 0 unspecified atom stereocenters. The molecule has 1 aliphatic carbocycles. The maximum atomic E-state index is 9.34. The molecule has 0 bridgehead atoms. The minimum atomic E-state index is 0.112. The van der Waals surface area contributed by atoms with Gasteiger partial charge in [0.25, 0.3) is 0 Å². The zero-order valence-electron chi connectivity index (χ0n) is 15.0. The molecule has 0 amide bonds. The molecule has 0 radical (unpaired) electrons.